The van der Waals surface area contributed by atoms with Gasteiger partial charge < -0.3 is 10.6 Å². The molecule has 0 aliphatic heterocycles. The van der Waals surface area contributed by atoms with Gasteiger partial charge in [0.1, 0.15) is 0 Å². The Hall–Kier alpha value is -2.61. The number of carbonyl (C=O) groups excluding carboxylic acids is 1. The quantitative estimate of drug-likeness (QED) is 0.571. The Labute approximate surface area is 178 Å². The van der Waals surface area contributed by atoms with Crippen molar-refractivity contribution in [2.75, 3.05) is 5.32 Å². The average molecular weight is 450 g/mol. The number of carbonyl (C=O) groups is 1. The van der Waals surface area contributed by atoms with E-state index in [1.807, 2.05) is 6.07 Å². The standard InChI is InChI=1S/C20H17Cl2N3O3S/c21-18-5-1-4-15(19(18)22)13-29(27,28)17-8-6-16(7-9-17)25-20(26)24-12-14-3-2-10-23-11-14/h1-11H,12-13H2,(H2,24,25,26). The Balaban J connectivity index is 1.63. The van der Waals surface area contributed by atoms with Gasteiger partial charge in [0, 0.05) is 24.6 Å². The molecule has 3 rings (SSSR count). The highest BCUT2D eigenvalue weighted by Gasteiger charge is 2.18. The number of halogens is 2. The van der Waals surface area contributed by atoms with E-state index >= 15 is 0 Å². The van der Waals surface area contributed by atoms with Crippen LogP contribution in [0.1, 0.15) is 11.1 Å². The summed E-state index contributed by atoms with van der Waals surface area (Å²) in [6.07, 6.45) is 3.31. The second-order valence-electron chi connectivity index (χ2n) is 6.17. The van der Waals surface area contributed by atoms with E-state index in [9.17, 15) is 13.2 Å². The second kappa shape index (κ2) is 9.26. The van der Waals surface area contributed by atoms with E-state index in [2.05, 4.69) is 15.6 Å². The van der Waals surface area contributed by atoms with Crippen LogP contribution in [0.3, 0.4) is 0 Å². The van der Waals surface area contributed by atoms with Gasteiger partial charge in [0.25, 0.3) is 0 Å². The maximum Gasteiger partial charge on any atom is 0.319 e. The monoisotopic (exact) mass is 449 g/mol. The number of urea groups is 1. The number of sulfone groups is 1. The molecule has 9 heteroatoms. The number of aromatic nitrogens is 1. The Morgan fingerprint density at radius 2 is 1.76 bits per heavy atom. The maximum atomic E-state index is 12.7. The van der Waals surface area contributed by atoms with E-state index in [0.29, 0.717) is 22.8 Å². The maximum absolute atomic E-state index is 12.7. The molecule has 0 saturated heterocycles. The third kappa shape index (κ3) is 5.69. The fourth-order valence-electron chi connectivity index (χ4n) is 2.55. The second-order valence-corrected chi connectivity index (χ2v) is 8.94. The highest BCUT2D eigenvalue weighted by molar-refractivity contribution is 7.90. The predicted octanol–water partition coefficient (Wildman–Crippen LogP) is 4.68. The summed E-state index contributed by atoms with van der Waals surface area (Å²) < 4.78 is 25.3. The third-order valence-electron chi connectivity index (χ3n) is 4.02. The molecule has 0 aliphatic carbocycles. The molecular weight excluding hydrogens is 433 g/mol. The van der Waals surface area contributed by atoms with Crippen LogP contribution in [0.25, 0.3) is 0 Å². The minimum Gasteiger partial charge on any atom is -0.334 e. The minimum atomic E-state index is -3.62. The summed E-state index contributed by atoms with van der Waals surface area (Å²) in [5.74, 6) is -0.273. The lowest BCUT2D eigenvalue weighted by atomic mass is 10.2. The lowest BCUT2D eigenvalue weighted by Crippen LogP contribution is -2.28. The van der Waals surface area contributed by atoms with Gasteiger partial charge in [-0.2, -0.15) is 0 Å². The van der Waals surface area contributed by atoms with E-state index in [0.717, 1.165) is 5.56 Å². The molecule has 1 heterocycles. The molecule has 1 aromatic heterocycles. The number of pyridine rings is 1. The van der Waals surface area contributed by atoms with Crippen molar-refractivity contribution in [2.45, 2.75) is 17.2 Å². The zero-order valence-electron chi connectivity index (χ0n) is 15.1. The number of hydrogen-bond donors (Lipinski definition) is 2. The summed E-state index contributed by atoms with van der Waals surface area (Å²) in [5, 5.41) is 5.88. The summed E-state index contributed by atoms with van der Waals surface area (Å²) in [6, 6.07) is 14.0. The molecule has 0 atom stereocenters. The van der Waals surface area contributed by atoms with Crippen molar-refractivity contribution in [1.29, 1.82) is 0 Å². The molecule has 29 heavy (non-hydrogen) atoms. The van der Waals surface area contributed by atoms with Crippen LogP contribution in [-0.4, -0.2) is 19.4 Å². The van der Waals surface area contributed by atoms with E-state index in [4.69, 9.17) is 23.2 Å². The van der Waals surface area contributed by atoms with Crippen LogP contribution in [0.15, 0.2) is 71.9 Å². The molecule has 2 N–H and O–H groups in total. The summed E-state index contributed by atoms with van der Waals surface area (Å²) in [7, 11) is -3.62. The van der Waals surface area contributed by atoms with E-state index in [-0.39, 0.29) is 15.7 Å². The lowest BCUT2D eigenvalue weighted by Gasteiger charge is -2.10. The van der Waals surface area contributed by atoms with Gasteiger partial charge in [-0.05, 0) is 47.5 Å². The Kier molecular flexibility index (Phi) is 6.74. The molecule has 0 bridgehead atoms. The Bertz CT molecular complexity index is 1110. The van der Waals surface area contributed by atoms with Crippen molar-refractivity contribution in [2.24, 2.45) is 0 Å². The molecule has 0 aliphatic rings. The van der Waals surface area contributed by atoms with E-state index in [1.54, 1.807) is 36.7 Å². The van der Waals surface area contributed by atoms with Crippen molar-refractivity contribution in [3.63, 3.8) is 0 Å². The zero-order chi connectivity index (χ0) is 20.9. The lowest BCUT2D eigenvalue weighted by molar-refractivity contribution is 0.251. The summed E-state index contributed by atoms with van der Waals surface area (Å²) >= 11 is 12.0. The Morgan fingerprint density at radius 1 is 1.00 bits per heavy atom. The fraction of sp³-hybridized carbons (Fsp3) is 0.100. The fourth-order valence-corrected chi connectivity index (χ4v) is 4.39. The molecule has 0 spiro atoms. The first-order valence-electron chi connectivity index (χ1n) is 8.54. The van der Waals surface area contributed by atoms with Gasteiger partial charge in [-0.3, -0.25) is 4.98 Å². The molecule has 0 saturated carbocycles. The number of benzene rings is 2. The molecule has 150 valence electrons. The Morgan fingerprint density at radius 3 is 2.45 bits per heavy atom. The van der Waals surface area contributed by atoms with Crippen molar-refractivity contribution in [3.8, 4) is 0 Å². The number of anilines is 1. The first kappa shape index (κ1) is 21.1. The van der Waals surface area contributed by atoms with Crippen LogP contribution in [-0.2, 0) is 22.1 Å². The topological polar surface area (TPSA) is 88.2 Å². The van der Waals surface area contributed by atoms with Crippen molar-refractivity contribution >= 4 is 44.8 Å². The number of rotatable bonds is 6. The third-order valence-corrected chi connectivity index (χ3v) is 6.56. The molecule has 0 fully saturated rings. The summed E-state index contributed by atoms with van der Waals surface area (Å²) in [5.41, 5.74) is 1.76. The van der Waals surface area contributed by atoms with Crippen LogP contribution in [0.2, 0.25) is 10.0 Å². The van der Waals surface area contributed by atoms with Crippen molar-refractivity contribution in [3.05, 3.63) is 88.2 Å². The number of nitrogens with one attached hydrogen (secondary N) is 2. The molecule has 6 nitrogen and oxygen atoms in total. The van der Waals surface area contributed by atoms with Crippen LogP contribution >= 0.6 is 23.2 Å². The normalized spacial score (nSPS) is 11.1. The van der Waals surface area contributed by atoms with Crippen molar-refractivity contribution < 1.29 is 13.2 Å². The van der Waals surface area contributed by atoms with Gasteiger partial charge in [-0.1, -0.05) is 41.4 Å². The first-order chi connectivity index (χ1) is 13.8. The minimum absolute atomic E-state index is 0.120. The van der Waals surface area contributed by atoms with E-state index in [1.165, 1.54) is 24.3 Å². The smallest absolute Gasteiger partial charge is 0.319 e. The molecule has 3 aromatic rings. The van der Waals surface area contributed by atoms with Gasteiger partial charge in [0.2, 0.25) is 0 Å². The summed E-state index contributed by atoms with van der Waals surface area (Å²) in [6.45, 7) is 0.326. The molecule has 0 unspecified atom stereocenters. The van der Waals surface area contributed by atoms with Crippen LogP contribution in [0.4, 0.5) is 10.5 Å². The zero-order valence-corrected chi connectivity index (χ0v) is 17.4. The van der Waals surface area contributed by atoms with Crippen LogP contribution in [0, 0.1) is 0 Å². The average Bonchev–Trinajstić information content (AvgIpc) is 2.71. The molecular formula is C20H17Cl2N3O3S. The van der Waals surface area contributed by atoms with E-state index < -0.39 is 15.9 Å². The van der Waals surface area contributed by atoms with Gasteiger partial charge in [0.15, 0.2) is 9.84 Å². The molecule has 2 aromatic carbocycles. The molecule has 2 amide bonds. The van der Waals surface area contributed by atoms with Gasteiger partial charge in [-0.15, -0.1) is 0 Å². The first-order valence-corrected chi connectivity index (χ1v) is 11.0. The van der Waals surface area contributed by atoms with Gasteiger partial charge in [0.05, 0.1) is 20.7 Å². The number of nitrogens with zero attached hydrogens (tertiary/aromatic N) is 1. The van der Waals surface area contributed by atoms with Gasteiger partial charge >= 0.3 is 6.03 Å². The highest BCUT2D eigenvalue weighted by atomic mass is 35.5. The SMILES string of the molecule is O=C(NCc1cccnc1)Nc1ccc(S(=O)(=O)Cc2cccc(Cl)c2Cl)cc1. The van der Waals surface area contributed by atoms with Crippen LogP contribution in [0.5, 0.6) is 0 Å². The molecule has 0 radical (unpaired) electrons. The number of hydrogen-bond acceptors (Lipinski definition) is 4. The van der Waals surface area contributed by atoms with Crippen molar-refractivity contribution in [1.82, 2.24) is 10.3 Å². The predicted molar refractivity (Wildman–Crippen MR) is 114 cm³/mol. The van der Waals surface area contributed by atoms with Gasteiger partial charge in [-0.25, -0.2) is 13.2 Å². The highest BCUT2D eigenvalue weighted by Crippen LogP contribution is 2.28. The van der Waals surface area contributed by atoms with Crippen LogP contribution < -0.4 is 10.6 Å². The summed E-state index contributed by atoms with van der Waals surface area (Å²) in [4.78, 5) is 16.1. The largest absolute Gasteiger partial charge is 0.334 e. The number of amides is 2.